The van der Waals surface area contributed by atoms with Crippen molar-refractivity contribution >= 4 is 11.7 Å². The highest BCUT2D eigenvalue weighted by molar-refractivity contribution is 6.02. The molecular weight excluding hydrogens is 328 g/mol. The van der Waals surface area contributed by atoms with Crippen molar-refractivity contribution in [1.29, 1.82) is 0 Å². The van der Waals surface area contributed by atoms with Crippen molar-refractivity contribution < 1.29 is 9.59 Å². The highest BCUT2D eigenvalue weighted by Crippen LogP contribution is 2.23. The van der Waals surface area contributed by atoms with Gasteiger partial charge in [-0.25, -0.2) is 4.98 Å². The van der Waals surface area contributed by atoms with E-state index in [4.69, 9.17) is 0 Å². The zero-order chi connectivity index (χ0) is 18.8. The summed E-state index contributed by atoms with van der Waals surface area (Å²) in [6.07, 6.45) is 3.55. The third kappa shape index (κ3) is 3.18. The Bertz CT molecular complexity index is 954. The van der Waals surface area contributed by atoms with E-state index in [1.165, 1.54) is 6.92 Å². The molecule has 1 amide bonds. The summed E-state index contributed by atoms with van der Waals surface area (Å²) in [7, 11) is 1.89. The molecule has 3 aromatic rings. The largest absolute Gasteiger partial charge is 0.354 e. The van der Waals surface area contributed by atoms with E-state index in [1.807, 2.05) is 48.1 Å². The molecular formula is C20H22N4O2. The van der Waals surface area contributed by atoms with E-state index in [1.54, 1.807) is 20.0 Å². The molecule has 6 nitrogen and oxygen atoms in total. The molecule has 1 aromatic carbocycles. The number of carbonyl (C=O) groups is 2. The molecule has 2 aromatic heterocycles. The number of H-pyrrole nitrogens is 1. The first kappa shape index (κ1) is 17.7. The standard InChI is InChI=1S/C20H22N4O2/c1-12-16(14(3)25)13(2)22-17(12)20(26)23-18(15-8-6-5-7-9-15)19-21-10-11-24(19)4/h5-11,18,22H,1-4H3,(H,23,26). The van der Waals surface area contributed by atoms with E-state index in [-0.39, 0.29) is 11.7 Å². The summed E-state index contributed by atoms with van der Waals surface area (Å²) in [5.41, 5.74) is 3.28. The molecule has 0 radical (unpaired) electrons. The number of nitrogens with one attached hydrogen (secondary N) is 2. The lowest BCUT2D eigenvalue weighted by Crippen LogP contribution is -2.31. The lowest BCUT2D eigenvalue weighted by Gasteiger charge is -2.19. The van der Waals surface area contributed by atoms with Gasteiger partial charge in [0.05, 0.1) is 0 Å². The predicted molar refractivity (Wildman–Crippen MR) is 99.2 cm³/mol. The van der Waals surface area contributed by atoms with Crippen LogP contribution in [0.3, 0.4) is 0 Å². The summed E-state index contributed by atoms with van der Waals surface area (Å²) in [5, 5.41) is 3.05. The van der Waals surface area contributed by atoms with Crippen molar-refractivity contribution in [1.82, 2.24) is 19.9 Å². The lowest BCUT2D eigenvalue weighted by atomic mass is 10.0. The Hall–Kier alpha value is -3.15. The molecule has 3 rings (SSSR count). The minimum atomic E-state index is -0.396. The normalized spacial score (nSPS) is 12.0. The van der Waals surface area contributed by atoms with Crippen molar-refractivity contribution in [2.75, 3.05) is 0 Å². The van der Waals surface area contributed by atoms with Crippen molar-refractivity contribution in [2.24, 2.45) is 7.05 Å². The Balaban J connectivity index is 1.98. The SMILES string of the molecule is CC(=O)c1c(C)[nH]c(C(=O)NC(c2ccccc2)c2nccn2C)c1C. The third-order valence-electron chi connectivity index (χ3n) is 4.54. The Morgan fingerprint density at radius 3 is 2.42 bits per heavy atom. The number of amides is 1. The second-order valence-corrected chi connectivity index (χ2v) is 6.39. The van der Waals surface area contributed by atoms with Crippen molar-refractivity contribution in [3.05, 3.63) is 76.6 Å². The molecule has 1 atom stereocenters. The average Bonchev–Trinajstić information content (AvgIpc) is 3.16. The van der Waals surface area contributed by atoms with Gasteiger partial charge < -0.3 is 14.9 Å². The van der Waals surface area contributed by atoms with Crippen LogP contribution in [0.5, 0.6) is 0 Å². The van der Waals surface area contributed by atoms with Crippen molar-refractivity contribution in [3.8, 4) is 0 Å². The van der Waals surface area contributed by atoms with Crippen LogP contribution in [0.25, 0.3) is 0 Å². The van der Waals surface area contributed by atoms with Crippen LogP contribution < -0.4 is 5.32 Å². The smallest absolute Gasteiger partial charge is 0.268 e. The summed E-state index contributed by atoms with van der Waals surface area (Å²) in [6.45, 7) is 5.09. The van der Waals surface area contributed by atoms with Gasteiger partial charge in [0.15, 0.2) is 5.78 Å². The lowest BCUT2D eigenvalue weighted by molar-refractivity contribution is 0.0935. The summed E-state index contributed by atoms with van der Waals surface area (Å²) < 4.78 is 1.88. The minimum Gasteiger partial charge on any atom is -0.354 e. The van der Waals surface area contributed by atoms with Crippen molar-refractivity contribution in [2.45, 2.75) is 26.8 Å². The number of nitrogens with zero attached hydrogens (tertiary/aromatic N) is 2. The van der Waals surface area contributed by atoms with Crippen LogP contribution in [0.4, 0.5) is 0 Å². The topological polar surface area (TPSA) is 79.8 Å². The van der Waals surface area contributed by atoms with Gasteiger partial charge in [-0.3, -0.25) is 9.59 Å². The Labute approximate surface area is 152 Å². The first-order chi connectivity index (χ1) is 12.4. The fourth-order valence-corrected chi connectivity index (χ4v) is 3.31. The van der Waals surface area contributed by atoms with E-state index in [0.717, 1.165) is 11.4 Å². The average molecular weight is 350 g/mol. The number of hydrogen-bond donors (Lipinski definition) is 2. The van der Waals surface area contributed by atoms with Gasteiger partial charge in [-0.2, -0.15) is 0 Å². The number of Topliss-reactive ketones (excluding diaryl/α,β-unsaturated/α-hetero) is 1. The zero-order valence-electron chi connectivity index (χ0n) is 15.3. The summed E-state index contributed by atoms with van der Waals surface area (Å²) in [6, 6.07) is 9.29. The number of carbonyl (C=O) groups excluding carboxylic acids is 2. The van der Waals surface area contributed by atoms with Crippen LogP contribution in [0.2, 0.25) is 0 Å². The van der Waals surface area contributed by atoms with Crippen LogP contribution >= 0.6 is 0 Å². The molecule has 0 aliphatic rings. The second kappa shape index (κ2) is 7.00. The monoisotopic (exact) mass is 350 g/mol. The maximum Gasteiger partial charge on any atom is 0.268 e. The molecule has 0 saturated heterocycles. The first-order valence-corrected chi connectivity index (χ1v) is 8.43. The third-order valence-corrected chi connectivity index (χ3v) is 4.54. The van der Waals surface area contributed by atoms with Crippen LogP contribution in [-0.4, -0.2) is 26.2 Å². The molecule has 2 N–H and O–H groups in total. The zero-order valence-corrected chi connectivity index (χ0v) is 15.3. The summed E-state index contributed by atoms with van der Waals surface area (Å²) >= 11 is 0. The van der Waals surface area contributed by atoms with E-state index in [9.17, 15) is 9.59 Å². The van der Waals surface area contributed by atoms with Crippen LogP contribution in [0.1, 0.15) is 56.5 Å². The molecule has 0 saturated carbocycles. The Morgan fingerprint density at radius 1 is 1.19 bits per heavy atom. The van der Waals surface area contributed by atoms with Crippen LogP contribution in [0, 0.1) is 13.8 Å². The fourth-order valence-electron chi connectivity index (χ4n) is 3.31. The number of imidazole rings is 1. The van der Waals surface area contributed by atoms with Gasteiger partial charge in [0.2, 0.25) is 0 Å². The molecule has 0 fully saturated rings. The molecule has 26 heavy (non-hydrogen) atoms. The highest BCUT2D eigenvalue weighted by atomic mass is 16.2. The minimum absolute atomic E-state index is 0.0565. The maximum atomic E-state index is 13.0. The van der Waals surface area contributed by atoms with Crippen molar-refractivity contribution in [3.63, 3.8) is 0 Å². The number of benzene rings is 1. The van der Waals surface area contributed by atoms with Gasteiger partial charge in [0.25, 0.3) is 5.91 Å². The molecule has 0 aliphatic carbocycles. The Kier molecular flexibility index (Phi) is 4.75. The maximum absolute atomic E-state index is 13.0. The molecule has 0 aliphatic heterocycles. The van der Waals surface area contributed by atoms with Crippen LogP contribution in [0.15, 0.2) is 42.7 Å². The second-order valence-electron chi connectivity index (χ2n) is 6.39. The van der Waals surface area contributed by atoms with Gasteiger partial charge in [-0.1, -0.05) is 30.3 Å². The van der Waals surface area contributed by atoms with Crippen LogP contribution in [-0.2, 0) is 7.05 Å². The van der Waals surface area contributed by atoms with Gasteiger partial charge in [-0.05, 0) is 31.9 Å². The summed E-state index contributed by atoms with van der Waals surface area (Å²) in [5.74, 6) is 0.409. The number of aromatic nitrogens is 3. The Morgan fingerprint density at radius 2 is 1.88 bits per heavy atom. The molecule has 0 spiro atoms. The van der Waals surface area contributed by atoms with E-state index >= 15 is 0 Å². The quantitative estimate of drug-likeness (QED) is 0.694. The first-order valence-electron chi connectivity index (χ1n) is 8.43. The van der Waals surface area contributed by atoms with Gasteiger partial charge >= 0.3 is 0 Å². The van der Waals surface area contributed by atoms with Gasteiger partial charge in [-0.15, -0.1) is 0 Å². The van der Waals surface area contributed by atoms with Gasteiger partial charge in [0.1, 0.15) is 17.6 Å². The van der Waals surface area contributed by atoms with E-state index in [0.29, 0.717) is 22.5 Å². The predicted octanol–water partition coefficient (Wildman–Crippen LogP) is 3.09. The number of aromatic amines is 1. The number of ketones is 1. The molecule has 134 valence electrons. The van der Waals surface area contributed by atoms with E-state index < -0.39 is 6.04 Å². The molecule has 2 heterocycles. The highest BCUT2D eigenvalue weighted by Gasteiger charge is 2.25. The number of hydrogen-bond acceptors (Lipinski definition) is 3. The molecule has 0 bridgehead atoms. The number of rotatable bonds is 5. The van der Waals surface area contributed by atoms with E-state index in [2.05, 4.69) is 15.3 Å². The molecule has 6 heteroatoms. The molecule has 1 unspecified atom stereocenters. The number of aryl methyl sites for hydroxylation is 2. The van der Waals surface area contributed by atoms with Gasteiger partial charge in [0, 0.05) is 30.7 Å². The summed E-state index contributed by atoms with van der Waals surface area (Å²) in [4.78, 5) is 32.2. The fraction of sp³-hybridized carbons (Fsp3) is 0.250.